The lowest BCUT2D eigenvalue weighted by Crippen LogP contribution is -2.39. The molecule has 7 N–H and O–H groups in total. The fraction of sp³-hybridized carbons (Fsp3) is 0.490. The number of hydrogen-bond donors (Lipinski definition) is 6. The number of aliphatic hydroxyl groups excluding tert-OH is 2. The summed E-state index contributed by atoms with van der Waals surface area (Å²) >= 11 is 0. The Kier molecular flexibility index (Phi) is 18.2. The highest BCUT2D eigenvalue weighted by Crippen LogP contribution is 2.66. The van der Waals surface area contributed by atoms with Gasteiger partial charge in [-0.25, -0.2) is 33.0 Å². The van der Waals surface area contributed by atoms with Crippen LogP contribution in [0.25, 0.3) is 16.7 Å². The van der Waals surface area contributed by atoms with E-state index in [-0.39, 0.29) is 41.6 Å². The summed E-state index contributed by atoms with van der Waals surface area (Å²) in [7, 11) is -15.3. The molecule has 79 heavy (non-hydrogen) atoms. The average Bonchev–Trinajstić information content (AvgIpc) is 4.06. The molecule has 0 radical (unpaired) electrons. The number of unbranched alkanes of at least 4 members (excludes halogenated alkanes) is 3. The highest BCUT2D eigenvalue weighted by molar-refractivity contribution is 7.66. The predicted molar refractivity (Wildman–Crippen MR) is 286 cm³/mol. The molecule has 28 heteroatoms. The fourth-order valence-corrected chi connectivity index (χ4v) is 14.0. The number of rotatable bonds is 24. The number of hydrogen-bond acceptors (Lipinski definition) is 19. The number of nitrogens with one attached hydrogen (secondary N) is 1. The Morgan fingerprint density at radius 3 is 2.49 bits per heavy atom. The lowest BCUT2D eigenvalue weighted by molar-refractivity contribution is -0.218. The Morgan fingerprint density at radius 1 is 0.911 bits per heavy atom. The zero-order valence-corrected chi connectivity index (χ0v) is 46.7. The number of nitrogens with two attached hydrogens (primary N) is 1. The lowest BCUT2D eigenvalue weighted by Gasteiger charge is -2.33. The van der Waals surface area contributed by atoms with E-state index < -0.39 is 61.2 Å². The third kappa shape index (κ3) is 13.3. The number of nitrogens with zero attached hydrogens (tertiary/aromatic N) is 7. The van der Waals surface area contributed by atoms with Gasteiger partial charge in [-0.15, -0.1) is 0 Å². The summed E-state index contributed by atoms with van der Waals surface area (Å²) in [5, 5.41) is 26.1. The molecule has 1 saturated heterocycles. The van der Waals surface area contributed by atoms with E-state index in [2.05, 4.69) is 85.5 Å². The van der Waals surface area contributed by atoms with Crippen molar-refractivity contribution < 1.29 is 75.3 Å². The maximum absolute atomic E-state index is 14.4. The van der Waals surface area contributed by atoms with Crippen LogP contribution in [-0.2, 0) is 53.7 Å². The molecule has 7 atom stereocenters. The smallest absolute Gasteiger partial charge is 0.487 e. The van der Waals surface area contributed by atoms with Crippen LogP contribution in [-0.4, -0.2) is 134 Å². The van der Waals surface area contributed by atoms with Crippen LogP contribution >= 0.6 is 23.5 Å². The molecule has 0 saturated carbocycles. The van der Waals surface area contributed by atoms with Crippen LogP contribution in [0.2, 0.25) is 0 Å². The van der Waals surface area contributed by atoms with Crippen LogP contribution < -0.4 is 40.7 Å². The fourth-order valence-electron chi connectivity index (χ4n) is 10.5. The molecule has 0 aliphatic carbocycles. The van der Waals surface area contributed by atoms with Crippen LogP contribution in [0, 0.1) is 0 Å². The van der Waals surface area contributed by atoms with Gasteiger partial charge in [0.25, 0.3) is 13.7 Å². The Morgan fingerprint density at radius 2 is 1.70 bits per heavy atom. The summed E-state index contributed by atoms with van der Waals surface area (Å²) in [6, 6.07) is 16.6. The third-order valence-corrected chi connectivity index (χ3v) is 18.7. The molecule has 1 fully saturated rings. The highest BCUT2D eigenvalue weighted by atomic mass is 31.3. The monoisotopic (exact) mass is 1150 g/mol. The average molecular weight is 1150 g/mol. The van der Waals surface area contributed by atoms with Gasteiger partial charge in [-0.1, -0.05) is 31.0 Å². The van der Waals surface area contributed by atoms with Crippen LogP contribution in [0.4, 0.5) is 11.5 Å². The number of imidazole rings is 1. The normalized spacial score (nSPS) is 21.0. The van der Waals surface area contributed by atoms with Gasteiger partial charge in [0.1, 0.15) is 54.7 Å². The Hall–Kier alpha value is -5.49. The zero-order valence-electron chi connectivity index (χ0n) is 44.0. The minimum absolute atomic E-state index is 0.0307. The first-order valence-corrected chi connectivity index (χ1v) is 30.9. The van der Waals surface area contributed by atoms with E-state index in [0.717, 1.165) is 91.6 Å². The zero-order chi connectivity index (χ0) is 56.2. The van der Waals surface area contributed by atoms with Gasteiger partial charge in [-0.2, -0.15) is 4.31 Å². The number of ether oxygens (including phenoxy) is 2. The van der Waals surface area contributed by atoms with Gasteiger partial charge in [0.2, 0.25) is 11.3 Å². The number of aliphatic hydroxyl groups is 2. The first-order chi connectivity index (χ1) is 37.8. The minimum atomic E-state index is -5.86. The van der Waals surface area contributed by atoms with Crippen molar-refractivity contribution in [3.63, 3.8) is 0 Å². The molecule has 3 aromatic carbocycles. The van der Waals surface area contributed by atoms with Gasteiger partial charge >= 0.3 is 15.6 Å². The molecule has 25 nitrogen and oxygen atoms in total. The molecular weight excluding hydrogens is 1090 g/mol. The van der Waals surface area contributed by atoms with Crippen molar-refractivity contribution in [1.82, 2.24) is 34.3 Å². The molecule has 0 bridgehead atoms. The number of phosphoric acid groups is 3. The summed E-state index contributed by atoms with van der Waals surface area (Å²) in [4.78, 5) is 75.6. The van der Waals surface area contributed by atoms with Crippen molar-refractivity contribution in [2.45, 2.75) is 103 Å². The molecule has 6 heterocycles. The molecular formula is C51H66N9O16P3. The predicted octanol–water partition coefficient (Wildman–Crippen LogP) is 3.58. The molecule has 5 aromatic rings. The largest absolute Gasteiger partial charge is 0.756 e. The molecule has 4 aliphatic rings. The number of nitrogen functional groups attached to an aromatic ring is 1. The van der Waals surface area contributed by atoms with E-state index >= 15 is 0 Å². The SMILES string of the molecule is CCN1CCCc2cc3c(cc21)Oc1cc2c(cc1=C3c1ccccc1C(=O)N(C)CCCC(=O)NCCCCCCOP(=O)([O-])OP(=O)(O)OP(=O)(O)OC[C@H]1O[C@@H](n3cnc4c(N)ncnc43)[C@H](O)[C@@H]1O)CCC[N+]=2CC. The van der Waals surface area contributed by atoms with E-state index in [4.69, 9.17) is 15.2 Å². The van der Waals surface area contributed by atoms with Crippen molar-refractivity contribution in [2.24, 2.45) is 0 Å². The third-order valence-electron chi connectivity index (χ3n) is 14.4. The second kappa shape index (κ2) is 24.7. The second-order valence-corrected chi connectivity index (χ2v) is 24.3. The number of fused-ring (bicyclic) bond motifs is 5. The molecule has 3 unspecified atom stereocenters. The van der Waals surface area contributed by atoms with Gasteiger partial charge in [-0.05, 0) is 81.7 Å². The molecule has 4 aliphatic heterocycles. The van der Waals surface area contributed by atoms with Crippen LogP contribution in [0.5, 0.6) is 11.5 Å². The standard InChI is InChI=1S/C51H66N9O16P3/c1-4-58-22-12-15-32-25-36-40(27-38(32)58)73-41-28-39-33(16-13-23-59(39)5-2)26-37(41)44(36)34-17-8-9-18-35(34)50(64)57(3)21-14-19-43(61)53-20-10-6-7-11-24-71-77(65,66)75-79(69,70)76-78(67,68)72-29-42-46(62)47(63)51(74-42)60-31-56-45-48(52)54-30-55-49(45)60/h8-9,17-18,25-28,30-31,42,46-47,51,62-63H,4-7,10-16,19-24,29H2,1-3H3,(H5-,52,53,54,55,61,65,66,67,68,69,70)/t42-,46-,47-,51-/m1/s1. The van der Waals surface area contributed by atoms with Crippen molar-refractivity contribution >= 4 is 63.5 Å². The molecule has 426 valence electrons. The second-order valence-electron chi connectivity index (χ2n) is 19.7. The Bertz CT molecular complexity index is 3380. The maximum atomic E-state index is 14.4. The van der Waals surface area contributed by atoms with Crippen LogP contribution in [0.15, 0.2) is 61.2 Å². The number of amides is 2. The van der Waals surface area contributed by atoms with Gasteiger partial charge in [-0.3, -0.25) is 23.2 Å². The summed E-state index contributed by atoms with van der Waals surface area (Å²) in [6.45, 7) is 7.31. The molecule has 0 spiro atoms. The maximum Gasteiger partial charge on any atom is 0.487 e. The summed E-state index contributed by atoms with van der Waals surface area (Å²) < 4.78 is 70.8. The minimum Gasteiger partial charge on any atom is -0.756 e. The number of benzene rings is 3. The van der Waals surface area contributed by atoms with Crippen molar-refractivity contribution in [3.05, 3.63) is 99.6 Å². The van der Waals surface area contributed by atoms with Gasteiger partial charge < -0.3 is 59.7 Å². The van der Waals surface area contributed by atoms with Crippen LogP contribution in [0.1, 0.15) is 104 Å². The highest BCUT2D eigenvalue weighted by Gasteiger charge is 2.47. The molecule has 9 rings (SSSR count). The Labute approximate surface area is 455 Å². The van der Waals surface area contributed by atoms with Gasteiger partial charge in [0, 0.05) is 85.3 Å². The van der Waals surface area contributed by atoms with E-state index in [9.17, 15) is 48.2 Å². The van der Waals surface area contributed by atoms with Crippen molar-refractivity contribution in [1.29, 1.82) is 0 Å². The van der Waals surface area contributed by atoms with E-state index in [0.29, 0.717) is 44.3 Å². The van der Waals surface area contributed by atoms with E-state index in [1.165, 1.54) is 33.1 Å². The van der Waals surface area contributed by atoms with E-state index in [1.54, 1.807) is 11.9 Å². The molecule has 2 aromatic heterocycles. The Balaban J connectivity index is 0.706. The summed E-state index contributed by atoms with van der Waals surface area (Å²) in [5.74, 6) is 1.21. The lowest BCUT2D eigenvalue weighted by atomic mass is 9.86. The van der Waals surface area contributed by atoms with Crippen molar-refractivity contribution in [2.75, 3.05) is 70.2 Å². The number of carbonyl (C=O) groups excluding carboxylic acids is 2. The number of phosphoric ester groups is 2. The van der Waals surface area contributed by atoms with Crippen LogP contribution in [0.3, 0.4) is 0 Å². The van der Waals surface area contributed by atoms with Gasteiger partial charge in [0.15, 0.2) is 17.7 Å². The topological polar surface area (TPSA) is 336 Å². The molecule has 2 amide bonds. The summed E-state index contributed by atoms with van der Waals surface area (Å²) in [6.07, 6.45) is 2.45. The quantitative estimate of drug-likeness (QED) is 0.0286. The van der Waals surface area contributed by atoms with Gasteiger partial charge in [0.05, 0.1) is 25.6 Å². The number of carbonyl (C=O) groups is 2. The first-order valence-electron chi connectivity index (χ1n) is 26.4. The first kappa shape index (κ1) is 58.2. The number of aromatic nitrogens is 4. The number of aryl methyl sites for hydroxylation is 2. The number of anilines is 2. The summed E-state index contributed by atoms with van der Waals surface area (Å²) in [5.41, 5.74) is 13.1. The van der Waals surface area contributed by atoms with E-state index in [1.807, 2.05) is 24.3 Å². The van der Waals surface area contributed by atoms with Crippen molar-refractivity contribution in [3.8, 4) is 11.5 Å².